The van der Waals surface area contributed by atoms with E-state index in [0.29, 0.717) is 17.4 Å². The first-order chi connectivity index (χ1) is 13.5. The molecule has 148 valence electrons. The van der Waals surface area contributed by atoms with Crippen molar-refractivity contribution in [3.8, 4) is 0 Å². The van der Waals surface area contributed by atoms with Gasteiger partial charge < -0.3 is 9.32 Å². The molecule has 1 aromatic carbocycles. The predicted octanol–water partition coefficient (Wildman–Crippen LogP) is 6.20. The van der Waals surface area contributed by atoms with E-state index in [1.54, 1.807) is 0 Å². The zero-order valence-electron chi connectivity index (χ0n) is 15.8. The summed E-state index contributed by atoms with van der Waals surface area (Å²) in [5, 5.41) is 0. The molecule has 1 unspecified atom stereocenters. The first-order valence-electron chi connectivity index (χ1n) is 9.79. The molecule has 4 rings (SSSR count). The number of benzene rings is 1. The topological polar surface area (TPSA) is 29.3 Å². The molecular formula is C22H23F3N2O. The van der Waals surface area contributed by atoms with E-state index >= 15 is 0 Å². The highest BCUT2D eigenvalue weighted by molar-refractivity contribution is 5.82. The third-order valence-electron chi connectivity index (χ3n) is 5.38. The van der Waals surface area contributed by atoms with Gasteiger partial charge in [-0.25, -0.2) is 4.98 Å². The largest absolute Gasteiger partial charge is 0.436 e. The Morgan fingerprint density at radius 2 is 1.96 bits per heavy atom. The molecule has 1 fully saturated rings. The zero-order chi connectivity index (χ0) is 19.7. The molecule has 1 saturated heterocycles. The molecule has 0 spiro atoms. The van der Waals surface area contributed by atoms with Gasteiger partial charge in [0.25, 0.3) is 0 Å². The summed E-state index contributed by atoms with van der Waals surface area (Å²) in [6.07, 6.45) is 8.41. The lowest BCUT2D eigenvalue weighted by Gasteiger charge is -2.32. The van der Waals surface area contributed by atoms with Crippen molar-refractivity contribution >= 4 is 16.7 Å². The van der Waals surface area contributed by atoms with E-state index in [0.717, 1.165) is 55.8 Å². The Balaban J connectivity index is 1.76. The Morgan fingerprint density at radius 1 is 1.18 bits per heavy atom. The highest BCUT2D eigenvalue weighted by Crippen LogP contribution is 2.35. The molecule has 0 bridgehead atoms. The van der Waals surface area contributed by atoms with E-state index in [1.807, 2.05) is 12.2 Å². The van der Waals surface area contributed by atoms with Gasteiger partial charge in [0, 0.05) is 18.8 Å². The average molecular weight is 388 g/mol. The molecular weight excluding hydrogens is 365 g/mol. The lowest BCUT2D eigenvalue weighted by atomic mass is 10.0. The highest BCUT2D eigenvalue weighted by Gasteiger charge is 2.31. The molecule has 0 saturated carbocycles. The Morgan fingerprint density at radius 3 is 2.68 bits per heavy atom. The summed E-state index contributed by atoms with van der Waals surface area (Å²) >= 11 is 0. The van der Waals surface area contributed by atoms with Gasteiger partial charge in [-0.05, 0) is 55.9 Å². The Bertz CT molecular complexity index is 946. The molecule has 3 nitrogen and oxygen atoms in total. The molecule has 0 amide bonds. The molecule has 1 aliphatic carbocycles. The van der Waals surface area contributed by atoms with Gasteiger partial charge in [0.2, 0.25) is 5.89 Å². The number of fused-ring (bicyclic) bond motifs is 1. The van der Waals surface area contributed by atoms with Crippen LogP contribution in [0, 0.1) is 5.92 Å². The normalized spacial score (nSPS) is 20.9. The molecule has 1 aromatic heterocycles. The van der Waals surface area contributed by atoms with Crippen LogP contribution in [0.15, 0.2) is 52.6 Å². The van der Waals surface area contributed by atoms with Crippen molar-refractivity contribution in [2.75, 3.05) is 13.1 Å². The maximum Gasteiger partial charge on any atom is 0.416 e. The van der Waals surface area contributed by atoms with Crippen molar-refractivity contribution in [1.82, 2.24) is 9.88 Å². The fraction of sp³-hybridized carbons (Fsp3) is 0.409. The third-order valence-corrected chi connectivity index (χ3v) is 5.38. The Labute approximate surface area is 162 Å². The quantitative estimate of drug-likeness (QED) is 0.627. The van der Waals surface area contributed by atoms with Gasteiger partial charge in [-0.1, -0.05) is 25.2 Å². The van der Waals surface area contributed by atoms with Crippen LogP contribution in [-0.2, 0) is 6.18 Å². The molecule has 28 heavy (non-hydrogen) atoms. The van der Waals surface area contributed by atoms with Crippen LogP contribution in [0.25, 0.3) is 16.7 Å². The second kappa shape index (κ2) is 7.49. The smallest absolute Gasteiger partial charge is 0.416 e. The minimum atomic E-state index is -4.40. The molecule has 0 N–H and O–H groups in total. The lowest BCUT2D eigenvalue weighted by molar-refractivity contribution is -0.137. The van der Waals surface area contributed by atoms with Crippen LogP contribution in [-0.4, -0.2) is 23.0 Å². The van der Waals surface area contributed by atoms with E-state index in [1.165, 1.54) is 12.5 Å². The van der Waals surface area contributed by atoms with Gasteiger partial charge >= 0.3 is 6.18 Å². The van der Waals surface area contributed by atoms with E-state index in [-0.39, 0.29) is 5.52 Å². The first kappa shape index (κ1) is 18.8. The zero-order valence-corrected chi connectivity index (χ0v) is 15.8. The van der Waals surface area contributed by atoms with Gasteiger partial charge in [-0.2, -0.15) is 13.2 Å². The van der Waals surface area contributed by atoms with Crippen LogP contribution < -0.4 is 0 Å². The van der Waals surface area contributed by atoms with Gasteiger partial charge in [-0.3, -0.25) is 0 Å². The van der Waals surface area contributed by atoms with Crippen molar-refractivity contribution in [3.63, 3.8) is 0 Å². The molecule has 0 radical (unpaired) electrons. The Kier molecular flexibility index (Phi) is 5.04. The molecule has 6 heteroatoms. The second-order valence-electron chi connectivity index (χ2n) is 7.34. The molecule has 1 aliphatic heterocycles. The number of rotatable bonds is 3. The SMILES string of the molecule is CCC1C=CC=C(c2nc3cc(C(F)(F)F)ccc3o2)C(N2CCCCC2)=C1. The number of hydrogen-bond acceptors (Lipinski definition) is 3. The summed E-state index contributed by atoms with van der Waals surface area (Å²) < 4.78 is 44.9. The number of likely N-dealkylation sites (tertiary alicyclic amines) is 1. The minimum absolute atomic E-state index is 0.226. The van der Waals surface area contributed by atoms with Crippen molar-refractivity contribution < 1.29 is 17.6 Å². The van der Waals surface area contributed by atoms with Gasteiger partial charge in [0.05, 0.1) is 11.1 Å². The summed E-state index contributed by atoms with van der Waals surface area (Å²) in [4.78, 5) is 6.76. The van der Waals surface area contributed by atoms with E-state index in [9.17, 15) is 13.2 Å². The maximum atomic E-state index is 13.0. The van der Waals surface area contributed by atoms with Crippen LogP contribution in [0.2, 0.25) is 0 Å². The van der Waals surface area contributed by atoms with Crippen LogP contribution in [0.3, 0.4) is 0 Å². The van der Waals surface area contributed by atoms with Crippen LogP contribution in [0.5, 0.6) is 0 Å². The number of aromatic nitrogens is 1. The number of hydrogen-bond donors (Lipinski definition) is 0. The number of oxazole rings is 1. The molecule has 1 atom stereocenters. The predicted molar refractivity (Wildman–Crippen MR) is 103 cm³/mol. The number of halogens is 3. The summed E-state index contributed by atoms with van der Waals surface area (Å²) in [6, 6.07) is 3.43. The monoisotopic (exact) mass is 388 g/mol. The van der Waals surface area contributed by atoms with Gasteiger partial charge in [0.15, 0.2) is 5.58 Å². The average Bonchev–Trinajstić information content (AvgIpc) is 2.99. The van der Waals surface area contributed by atoms with Crippen LogP contribution >= 0.6 is 0 Å². The summed E-state index contributed by atoms with van der Waals surface area (Å²) in [5.74, 6) is 0.680. The summed E-state index contributed by atoms with van der Waals surface area (Å²) in [7, 11) is 0. The van der Waals surface area contributed by atoms with Crippen molar-refractivity contribution in [2.45, 2.75) is 38.8 Å². The third kappa shape index (κ3) is 3.73. The van der Waals surface area contributed by atoms with Crippen LogP contribution in [0.4, 0.5) is 13.2 Å². The number of alkyl halides is 3. The van der Waals surface area contributed by atoms with E-state index < -0.39 is 11.7 Å². The summed E-state index contributed by atoms with van der Waals surface area (Å²) in [6.45, 7) is 4.08. The fourth-order valence-electron chi connectivity index (χ4n) is 3.79. The van der Waals surface area contributed by atoms with Crippen molar-refractivity contribution in [3.05, 3.63) is 59.7 Å². The number of piperidine rings is 1. The number of allylic oxidation sites excluding steroid dienone is 5. The summed E-state index contributed by atoms with van der Waals surface area (Å²) in [5.41, 5.74) is 1.77. The van der Waals surface area contributed by atoms with Crippen LogP contribution in [0.1, 0.15) is 44.1 Å². The molecule has 2 heterocycles. The fourth-order valence-corrected chi connectivity index (χ4v) is 3.79. The van der Waals surface area contributed by atoms with E-state index in [2.05, 4.69) is 29.0 Å². The maximum absolute atomic E-state index is 13.0. The lowest BCUT2D eigenvalue weighted by Crippen LogP contribution is -2.30. The van der Waals surface area contributed by atoms with Crippen molar-refractivity contribution in [2.24, 2.45) is 5.92 Å². The number of nitrogens with zero attached hydrogens (tertiary/aromatic N) is 2. The highest BCUT2D eigenvalue weighted by atomic mass is 19.4. The standard InChI is InChI=1S/C22H23F3N2O/c1-2-15-7-6-8-17(19(13-15)27-11-4-3-5-12-27)21-26-18-14-16(22(23,24)25)9-10-20(18)28-21/h6-10,13-15H,2-5,11-12H2,1H3. The first-order valence-corrected chi connectivity index (χ1v) is 9.79. The van der Waals surface area contributed by atoms with Gasteiger partial charge in [0.1, 0.15) is 5.52 Å². The molecule has 2 aromatic rings. The molecule has 2 aliphatic rings. The Hall–Kier alpha value is -2.50. The van der Waals surface area contributed by atoms with E-state index in [4.69, 9.17) is 4.42 Å². The minimum Gasteiger partial charge on any atom is -0.436 e. The second-order valence-corrected chi connectivity index (χ2v) is 7.34. The van der Waals surface area contributed by atoms with Gasteiger partial charge in [-0.15, -0.1) is 0 Å². The van der Waals surface area contributed by atoms with Crippen molar-refractivity contribution in [1.29, 1.82) is 0 Å².